The van der Waals surface area contributed by atoms with Crippen LogP contribution < -0.4 is 5.73 Å². The Morgan fingerprint density at radius 3 is 2.69 bits per heavy atom. The first-order valence-electron chi connectivity index (χ1n) is 3.72. The molecule has 2 aromatic rings. The SMILES string of the molecule is Nc1nccc(-c2ccnnc2)n1. The topological polar surface area (TPSA) is 77.6 Å². The molecule has 5 heteroatoms. The minimum absolute atomic E-state index is 0.259. The molecule has 2 aromatic heterocycles. The summed E-state index contributed by atoms with van der Waals surface area (Å²) in [6.07, 6.45) is 4.84. The standard InChI is InChI=1S/C8H7N5/c9-8-10-3-2-7(13-8)6-1-4-11-12-5-6/h1-5H,(H2,9,10,13). The van der Waals surface area contributed by atoms with E-state index in [0.29, 0.717) is 0 Å². The first-order chi connectivity index (χ1) is 6.36. The Kier molecular flexibility index (Phi) is 1.84. The summed E-state index contributed by atoms with van der Waals surface area (Å²) >= 11 is 0. The van der Waals surface area contributed by atoms with Gasteiger partial charge in [-0.15, -0.1) is 0 Å². The second-order valence-electron chi connectivity index (χ2n) is 2.43. The lowest BCUT2D eigenvalue weighted by molar-refractivity contribution is 1.03. The monoisotopic (exact) mass is 173 g/mol. The second-order valence-corrected chi connectivity index (χ2v) is 2.43. The number of nitrogens with two attached hydrogens (primary N) is 1. The number of nitrogen functional groups attached to an aromatic ring is 1. The highest BCUT2D eigenvalue weighted by atomic mass is 15.1. The average molecular weight is 173 g/mol. The number of hydrogen-bond donors (Lipinski definition) is 1. The molecule has 0 spiro atoms. The van der Waals surface area contributed by atoms with Crippen LogP contribution in [0.15, 0.2) is 30.7 Å². The van der Waals surface area contributed by atoms with Gasteiger partial charge in [0.2, 0.25) is 5.95 Å². The van der Waals surface area contributed by atoms with Gasteiger partial charge in [0.25, 0.3) is 0 Å². The van der Waals surface area contributed by atoms with E-state index >= 15 is 0 Å². The third kappa shape index (κ3) is 1.58. The van der Waals surface area contributed by atoms with Crippen molar-refractivity contribution >= 4 is 5.95 Å². The van der Waals surface area contributed by atoms with Crippen LogP contribution >= 0.6 is 0 Å². The highest BCUT2D eigenvalue weighted by Gasteiger charge is 1.98. The Labute approximate surface area is 74.7 Å². The van der Waals surface area contributed by atoms with E-state index in [4.69, 9.17) is 5.73 Å². The lowest BCUT2D eigenvalue weighted by Crippen LogP contribution is -1.95. The zero-order chi connectivity index (χ0) is 9.10. The van der Waals surface area contributed by atoms with E-state index in [1.807, 2.05) is 6.07 Å². The number of aromatic nitrogens is 4. The van der Waals surface area contributed by atoms with Crippen molar-refractivity contribution in [3.8, 4) is 11.3 Å². The molecule has 5 nitrogen and oxygen atoms in total. The van der Waals surface area contributed by atoms with E-state index < -0.39 is 0 Å². The van der Waals surface area contributed by atoms with Gasteiger partial charge in [-0.2, -0.15) is 10.2 Å². The van der Waals surface area contributed by atoms with Gasteiger partial charge in [0.15, 0.2) is 0 Å². The van der Waals surface area contributed by atoms with Gasteiger partial charge in [0, 0.05) is 11.8 Å². The normalized spacial score (nSPS) is 9.85. The highest BCUT2D eigenvalue weighted by Crippen LogP contribution is 2.13. The van der Waals surface area contributed by atoms with E-state index in [-0.39, 0.29) is 5.95 Å². The summed E-state index contributed by atoms with van der Waals surface area (Å²) in [4.78, 5) is 7.84. The van der Waals surface area contributed by atoms with Gasteiger partial charge in [-0.1, -0.05) is 0 Å². The molecule has 2 heterocycles. The number of rotatable bonds is 1. The summed E-state index contributed by atoms with van der Waals surface area (Å²) < 4.78 is 0. The zero-order valence-corrected chi connectivity index (χ0v) is 6.75. The van der Waals surface area contributed by atoms with Crippen LogP contribution in [0.4, 0.5) is 5.95 Å². The van der Waals surface area contributed by atoms with Crippen molar-refractivity contribution < 1.29 is 0 Å². The summed E-state index contributed by atoms with van der Waals surface area (Å²) in [5.41, 5.74) is 7.07. The molecule has 0 radical (unpaired) electrons. The average Bonchev–Trinajstić information content (AvgIpc) is 2.19. The first kappa shape index (κ1) is 7.60. The fourth-order valence-electron chi connectivity index (χ4n) is 0.977. The summed E-state index contributed by atoms with van der Waals surface area (Å²) in [6.45, 7) is 0. The third-order valence-corrected chi connectivity index (χ3v) is 1.55. The fraction of sp³-hybridized carbons (Fsp3) is 0. The minimum atomic E-state index is 0.259. The van der Waals surface area contributed by atoms with Crippen LogP contribution in [0.2, 0.25) is 0 Å². The van der Waals surface area contributed by atoms with E-state index in [9.17, 15) is 0 Å². The van der Waals surface area contributed by atoms with Crippen LogP contribution in [-0.2, 0) is 0 Å². The summed E-state index contributed by atoms with van der Waals surface area (Å²) in [6, 6.07) is 3.59. The van der Waals surface area contributed by atoms with Gasteiger partial charge in [-0.3, -0.25) is 0 Å². The second kappa shape index (κ2) is 3.14. The van der Waals surface area contributed by atoms with E-state index in [1.54, 1.807) is 24.7 Å². The van der Waals surface area contributed by atoms with Crippen LogP contribution in [0.5, 0.6) is 0 Å². The quantitative estimate of drug-likeness (QED) is 0.680. The molecule has 0 bridgehead atoms. The lowest BCUT2D eigenvalue weighted by Gasteiger charge is -1.98. The molecular formula is C8H7N5. The number of nitrogens with zero attached hydrogens (tertiary/aromatic N) is 4. The van der Waals surface area contributed by atoms with E-state index in [0.717, 1.165) is 11.3 Å². The Hall–Kier alpha value is -2.04. The molecule has 0 saturated carbocycles. The van der Waals surface area contributed by atoms with E-state index in [1.165, 1.54) is 0 Å². The fourth-order valence-corrected chi connectivity index (χ4v) is 0.977. The molecule has 0 aliphatic heterocycles. The van der Waals surface area contributed by atoms with Crippen molar-refractivity contribution in [2.24, 2.45) is 0 Å². The summed E-state index contributed by atoms with van der Waals surface area (Å²) in [5, 5.41) is 7.41. The van der Waals surface area contributed by atoms with Gasteiger partial charge in [0.05, 0.1) is 18.1 Å². The van der Waals surface area contributed by atoms with Crippen LogP contribution in [0, 0.1) is 0 Å². The van der Waals surface area contributed by atoms with Gasteiger partial charge < -0.3 is 5.73 Å². The van der Waals surface area contributed by atoms with Crippen LogP contribution in [0.3, 0.4) is 0 Å². The predicted octanol–water partition coefficient (Wildman–Crippen LogP) is 0.516. The summed E-state index contributed by atoms with van der Waals surface area (Å²) in [7, 11) is 0. The lowest BCUT2D eigenvalue weighted by atomic mass is 10.2. The third-order valence-electron chi connectivity index (χ3n) is 1.55. The molecule has 0 atom stereocenters. The first-order valence-corrected chi connectivity index (χ1v) is 3.72. The molecule has 2 rings (SSSR count). The molecule has 0 aliphatic rings. The van der Waals surface area contributed by atoms with Crippen LogP contribution in [0.25, 0.3) is 11.3 Å². The Balaban J connectivity index is 2.48. The molecule has 0 fully saturated rings. The smallest absolute Gasteiger partial charge is 0.220 e. The minimum Gasteiger partial charge on any atom is -0.368 e. The maximum Gasteiger partial charge on any atom is 0.220 e. The van der Waals surface area contributed by atoms with E-state index in [2.05, 4.69) is 20.2 Å². The van der Waals surface area contributed by atoms with Gasteiger partial charge in [0.1, 0.15) is 0 Å². The van der Waals surface area contributed by atoms with Crippen molar-refractivity contribution in [2.45, 2.75) is 0 Å². The highest BCUT2D eigenvalue weighted by molar-refractivity contribution is 5.57. The number of anilines is 1. The molecule has 2 N–H and O–H groups in total. The van der Waals surface area contributed by atoms with Crippen molar-refractivity contribution in [1.82, 2.24) is 20.2 Å². The van der Waals surface area contributed by atoms with Gasteiger partial charge >= 0.3 is 0 Å². The molecule has 0 unspecified atom stereocenters. The maximum absolute atomic E-state index is 5.44. The molecular weight excluding hydrogens is 166 g/mol. The van der Waals surface area contributed by atoms with Gasteiger partial charge in [-0.25, -0.2) is 9.97 Å². The van der Waals surface area contributed by atoms with Crippen molar-refractivity contribution in [3.63, 3.8) is 0 Å². The van der Waals surface area contributed by atoms with Crippen molar-refractivity contribution in [2.75, 3.05) is 5.73 Å². The van der Waals surface area contributed by atoms with Gasteiger partial charge in [-0.05, 0) is 12.1 Å². The molecule has 0 amide bonds. The van der Waals surface area contributed by atoms with Crippen LogP contribution in [-0.4, -0.2) is 20.2 Å². The van der Waals surface area contributed by atoms with Crippen LogP contribution in [0.1, 0.15) is 0 Å². The molecule has 0 aliphatic carbocycles. The summed E-state index contributed by atoms with van der Waals surface area (Å²) in [5.74, 6) is 0.259. The molecule has 0 saturated heterocycles. The van der Waals surface area contributed by atoms with Crippen molar-refractivity contribution in [1.29, 1.82) is 0 Å². The molecule has 0 aromatic carbocycles. The number of hydrogen-bond acceptors (Lipinski definition) is 5. The largest absolute Gasteiger partial charge is 0.368 e. The molecule has 13 heavy (non-hydrogen) atoms. The zero-order valence-electron chi connectivity index (χ0n) is 6.75. The predicted molar refractivity (Wildman–Crippen MR) is 47.5 cm³/mol. The molecule has 64 valence electrons. The Morgan fingerprint density at radius 2 is 2.00 bits per heavy atom. The maximum atomic E-state index is 5.44. The Bertz CT molecular complexity index is 400. The van der Waals surface area contributed by atoms with Crippen molar-refractivity contribution in [3.05, 3.63) is 30.7 Å². The Morgan fingerprint density at radius 1 is 1.08 bits per heavy atom.